The third-order valence-corrected chi connectivity index (χ3v) is 9.74. The number of ether oxygens (including phenoxy) is 3. The molecule has 1 fully saturated rings. The van der Waals surface area contributed by atoms with Crippen LogP contribution in [0, 0.1) is 0 Å². The van der Waals surface area contributed by atoms with Crippen LogP contribution in [0.1, 0.15) is 56.3 Å². The van der Waals surface area contributed by atoms with Crippen molar-refractivity contribution >= 4 is 49.7 Å². The van der Waals surface area contributed by atoms with Crippen LogP contribution in [0.4, 0.5) is 20.1 Å². The van der Waals surface area contributed by atoms with E-state index in [1.54, 1.807) is 45.0 Å². The first-order valence-corrected chi connectivity index (χ1v) is 17.0. The number of nitrogens with one attached hydrogen (secondary N) is 2. The largest absolute Gasteiger partial charge is 0.447 e. The van der Waals surface area contributed by atoms with Gasteiger partial charge in [-0.3, -0.25) is 5.32 Å². The van der Waals surface area contributed by atoms with E-state index in [1.807, 2.05) is 30.3 Å². The van der Waals surface area contributed by atoms with Crippen molar-refractivity contribution in [3.8, 4) is 0 Å². The Balaban J connectivity index is 1.45. The van der Waals surface area contributed by atoms with Crippen molar-refractivity contribution in [2.24, 2.45) is 0 Å². The van der Waals surface area contributed by atoms with Crippen LogP contribution in [0.15, 0.2) is 82.2 Å². The number of anilines is 1. The van der Waals surface area contributed by atoms with Crippen LogP contribution < -0.4 is 10.6 Å². The molecule has 46 heavy (non-hydrogen) atoms. The summed E-state index contributed by atoms with van der Waals surface area (Å²) in [6, 6.07) is 20.0. The molecule has 4 rings (SSSR count). The molecular weight excluding hydrogens is 678 g/mol. The lowest BCUT2D eigenvalue weighted by Gasteiger charge is -2.25. The minimum Gasteiger partial charge on any atom is -0.447 e. The summed E-state index contributed by atoms with van der Waals surface area (Å²) < 4.78 is 43.5. The summed E-state index contributed by atoms with van der Waals surface area (Å²) in [5.41, 5.74) is 1.36. The Bertz CT molecular complexity index is 1640. The van der Waals surface area contributed by atoms with Gasteiger partial charge in [-0.25, -0.2) is 22.8 Å². The normalized spacial score (nSPS) is 13.7. The Morgan fingerprint density at radius 3 is 2.26 bits per heavy atom. The quantitative estimate of drug-likeness (QED) is 0.203. The number of hydrogen-bond acceptors (Lipinski definition) is 8. The molecule has 1 aliphatic rings. The minimum absolute atomic E-state index is 0.0680. The molecule has 1 atom stereocenters. The molecule has 2 N–H and O–H groups in total. The average molecular weight is 717 g/mol. The van der Waals surface area contributed by atoms with Gasteiger partial charge in [-0.15, -0.1) is 0 Å². The van der Waals surface area contributed by atoms with E-state index in [2.05, 4.69) is 26.6 Å². The van der Waals surface area contributed by atoms with Crippen molar-refractivity contribution < 1.29 is 37.0 Å². The van der Waals surface area contributed by atoms with E-state index in [0.717, 1.165) is 10.0 Å². The molecule has 11 nitrogen and oxygen atoms in total. The van der Waals surface area contributed by atoms with Gasteiger partial charge >= 0.3 is 18.3 Å². The molecule has 0 bridgehead atoms. The predicted molar refractivity (Wildman–Crippen MR) is 176 cm³/mol. The molecule has 0 heterocycles. The molecule has 1 saturated carbocycles. The Morgan fingerprint density at radius 1 is 0.957 bits per heavy atom. The van der Waals surface area contributed by atoms with Crippen LogP contribution >= 0.6 is 15.9 Å². The maximum absolute atomic E-state index is 13.2. The van der Waals surface area contributed by atoms with Gasteiger partial charge in [-0.2, -0.15) is 0 Å². The smallest absolute Gasteiger partial charge is 0.411 e. The first-order valence-electron chi connectivity index (χ1n) is 14.7. The van der Waals surface area contributed by atoms with Gasteiger partial charge in [0.15, 0.2) is 9.84 Å². The molecule has 13 heteroatoms. The maximum Gasteiger partial charge on any atom is 0.411 e. The van der Waals surface area contributed by atoms with Crippen molar-refractivity contribution in [2.45, 2.75) is 68.6 Å². The third-order valence-electron chi connectivity index (χ3n) is 6.85. The molecule has 3 amide bonds. The van der Waals surface area contributed by atoms with Crippen LogP contribution in [0.2, 0.25) is 0 Å². The zero-order valence-electron chi connectivity index (χ0n) is 26.1. The van der Waals surface area contributed by atoms with E-state index in [9.17, 15) is 22.8 Å². The number of benzene rings is 3. The van der Waals surface area contributed by atoms with Crippen LogP contribution in [0.25, 0.3) is 0 Å². The second-order valence-electron chi connectivity index (χ2n) is 11.9. The summed E-state index contributed by atoms with van der Waals surface area (Å²) in [6.07, 6.45) is -0.987. The molecule has 0 spiro atoms. The molecule has 0 aliphatic heterocycles. The molecule has 3 aromatic carbocycles. The fourth-order valence-corrected chi connectivity index (χ4v) is 6.54. The second kappa shape index (κ2) is 15.0. The summed E-state index contributed by atoms with van der Waals surface area (Å²) in [4.78, 5) is 39.5. The van der Waals surface area contributed by atoms with E-state index >= 15 is 0 Å². The summed E-state index contributed by atoms with van der Waals surface area (Å²) in [6.45, 7) is 4.99. The zero-order chi connectivity index (χ0) is 33.5. The highest BCUT2D eigenvalue weighted by Crippen LogP contribution is 2.36. The van der Waals surface area contributed by atoms with Crippen molar-refractivity contribution in [1.82, 2.24) is 10.2 Å². The van der Waals surface area contributed by atoms with Gasteiger partial charge in [0.2, 0.25) is 0 Å². The van der Waals surface area contributed by atoms with Crippen LogP contribution in [0.3, 0.4) is 0 Å². The van der Waals surface area contributed by atoms with Gasteiger partial charge in [0.25, 0.3) is 0 Å². The second-order valence-corrected chi connectivity index (χ2v) is 15.0. The highest BCUT2D eigenvalue weighted by Gasteiger charge is 2.38. The van der Waals surface area contributed by atoms with Gasteiger partial charge in [0.1, 0.15) is 18.8 Å². The lowest BCUT2D eigenvalue weighted by Crippen LogP contribution is -2.34. The Kier molecular flexibility index (Phi) is 11.3. The zero-order valence-corrected chi connectivity index (χ0v) is 28.5. The fraction of sp³-hybridized carbons (Fsp3) is 0.364. The molecule has 3 aromatic rings. The van der Waals surface area contributed by atoms with Gasteiger partial charge < -0.3 is 24.4 Å². The monoisotopic (exact) mass is 715 g/mol. The Labute approximate surface area is 277 Å². The fourth-order valence-electron chi connectivity index (χ4n) is 4.41. The Hall–Kier alpha value is -4.10. The van der Waals surface area contributed by atoms with Gasteiger partial charge in [0.05, 0.1) is 22.7 Å². The van der Waals surface area contributed by atoms with Crippen molar-refractivity contribution in [1.29, 1.82) is 0 Å². The standard InChI is InChI=1S/C33H38BrN3O8S/c1-33(2,3)45-32(40)37(4)19-24-18-26(14-17-29(24)46(41,42)27-15-16-27)35-30(38)44-21-28(23-10-12-25(34)13-11-23)36-31(39)43-20-22-8-6-5-7-9-22/h5-14,17-18,27-28H,15-16,19-21H2,1-4H3,(H,35,38)(H,36,39)/t28-/m0/s1. The molecule has 1 aliphatic carbocycles. The minimum atomic E-state index is -3.62. The summed E-state index contributed by atoms with van der Waals surface area (Å²) in [5, 5.41) is 4.89. The van der Waals surface area contributed by atoms with E-state index < -0.39 is 45.0 Å². The molecule has 0 aromatic heterocycles. The maximum atomic E-state index is 13.2. The van der Waals surface area contributed by atoms with Crippen molar-refractivity contribution in [2.75, 3.05) is 19.0 Å². The van der Waals surface area contributed by atoms with Crippen molar-refractivity contribution in [3.63, 3.8) is 0 Å². The topological polar surface area (TPSA) is 140 Å². The third kappa shape index (κ3) is 10.2. The van der Waals surface area contributed by atoms with Crippen molar-refractivity contribution in [3.05, 3.63) is 94.0 Å². The van der Waals surface area contributed by atoms with E-state index in [0.29, 0.717) is 24.0 Å². The van der Waals surface area contributed by atoms with Crippen LogP contribution in [0.5, 0.6) is 0 Å². The molecule has 0 saturated heterocycles. The first-order chi connectivity index (χ1) is 21.7. The lowest BCUT2D eigenvalue weighted by molar-refractivity contribution is 0.0283. The Morgan fingerprint density at radius 2 is 1.63 bits per heavy atom. The number of sulfone groups is 1. The van der Waals surface area contributed by atoms with Gasteiger partial charge in [-0.05, 0) is 80.6 Å². The SMILES string of the molecule is CN(Cc1cc(NC(=O)OC[C@H](NC(=O)OCc2ccccc2)c2ccc(Br)cc2)ccc1S(=O)(=O)C1CC1)C(=O)OC(C)(C)C. The summed E-state index contributed by atoms with van der Waals surface area (Å²) >= 11 is 3.39. The highest BCUT2D eigenvalue weighted by molar-refractivity contribution is 9.10. The first kappa shape index (κ1) is 34.8. The van der Waals surface area contributed by atoms with E-state index in [1.165, 1.54) is 30.1 Å². The number of carbonyl (C=O) groups excluding carboxylic acids is 3. The number of amides is 3. The van der Waals surface area contributed by atoms with Gasteiger partial charge in [0, 0.05) is 17.2 Å². The van der Waals surface area contributed by atoms with E-state index in [-0.39, 0.29) is 30.3 Å². The summed E-state index contributed by atoms with van der Waals surface area (Å²) in [5.74, 6) is 0. The lowest BCUT2D eigenvalue weighted by atomic mass is 10.1. The molecule has 0 radical (unpaired) electrons. The predicted octanol–water partition coefficient (Wildman–Crippen LogP) is 6.97. The molecule has 246 valence electrons. The van der Waals surface area contributed by atoms with Crippen LogP contribution in [-0.2, 0) is 37.2 Å². The van der Waals surface area contributed by atoms with Crippen LogP contribution in [-0.4, -0.2) is 56.1 Å². The average Bonchev–Trinajstić information content (AvgIpc) is 3.85. The number of nitrogens with zero attached hydrogens (tertiary/aromatic N) is 1. The molecular formula is C33H38BrN3O8S. The number of carbonyl (C=O) groups is 3. The molecule has 0 unspecified atom stereocenters. The summed E-state index contributed by atoms with van der Waals surface area (Å²) in [7, 11) is -2.11. The number of alkyl carbamates (subject to hydrolysis) is 1. The highest BCUT2D eigenvalue weighted by atomic mass is 79.9. The van der Waals surface area contributed by atoms with E-state index in [4.69, 9.17) is 14.2 Å². The number of halogens is 1. The van der Waals surface area contributed by atoms with Gasteiger partial charge in [-0.1, -0.05) is 58.4 Å². The number of rotatable bonds is 11. The number of hydrogen-bond donors (Lipinski definition) is 2.